The molecule has 0 aliphatic rings. The van der Waals surface area contributed by atoms with E-state index in [2.05, 4.69) is 12.7 Å². The molecular formula is C11H23NO2. The van der Waals surface area contributed by atoms with E-state index in [-0.39, 0.29) is 6.42 Å². The zero-order chi connectivity index (χ0) is 10.8. The minimum atomic E-state index is -0.920. The highest BCUT2D eigenvalue weighted by molar-refractivity contribution is 5.63. The van der Waals surface area contributed by atoms with Crippen LogP contribution < -0.4 is 10.8 Å². The molecule has 14 heavy (non-hydrogen) atoms. The Hall–Kier alpha value is -0.570. The van der Waals surface area contributed by atoms with Gasteiger partial charge in [0.1, 0.15) is 0 Å². The summed E-state index contributed by atoms with van der Waals surface area (Å²) in [6.07, 6.45) is 8.10. The topological polar surface area (TPSA) is 67.8 Å². The lowest BCUT2D eigenvalue weighted by Gasteiger charge is -2.03. The van der Waals surface area contributed by atoms with E-state index in [0.717, 1.165) is 19.3 Å². The summed E-state index contributed by atoms with van der Waals surface area (Å²) in [5, 5.41) is 10.1. The number of carboxylic acid groups (broad SMARTS) is 1. The fraction of sp³-hybridized carbons (Fsp3) is 0.909. The van der Waals surface area contributed by atoms with Gasteiger partial charge in [0.15, 0.2) is 0 Å². The number of hydrogen-bond donors (Lipinski definition) is 1. The van der Waals surface area contributed by atoms with E-state index in [0.29, 0.717) is 6.04 Å². The van der Waals surface area contributed by atoms with Gasteiger partial charge in [-0.3, -0.25) is 0 Å². The third-order valence-electron chi connectivity index (χ3n) is 2.33. The van der Waals surface area contributed by atoms with Gasteiger partial charge in [-0.2, -0.15) is 0 Å². The Kier molecular flexibility index (Phi) is 8.64. The quantitative estimate of drug-likeness (QED) is 0.552. The smallest absolute Gasteiger partial charge is 0.0815 e. The number of hydrogen-bond acceptors (Lipinski definition) is 2. The monoisotopic (exact) mass is 201 g/mol. The van der Waals surface area contributed by atoms with Gasteiger partial charge < -0.3 is 15.6 Å². The van der Waals surface area contributed by atoms with Crippen molar-refractivity contribution in [3.8, 4) is 0 Å². The van der Waals surface area contributed by atoms with Gasteiger partial charge in [-0.25, -0.2) is 0 Å². The molecule has 0 aromatic rings. The van der Waals surface area contributed by atoms with Crippen LogP contribution in [0.2, 0.25) is 0 Å². The van der Waals surface area contributed by atoms with Crippen LogP contribution in [0.15, 0.2) is 0 Å². The molecule has 0 bridgehead atoms. The Bertz CT molecular complexity index is 146. The number of aliphatic carboxylic acids is 1. The molecule has 0 fully saturated rings. The summed E-state index contributed by atoms with van der Waals surface area (Å²) in [6.45, 7) is 2.14. The Labute approximate surface area is 86.7 Å². The Morgan fingerprint density at radius 1 is 1.14 bits per heavy atom. The molecule has 0 heterocycles. The summed E-state index contributed by atoms with van der Waals surface area (Å²) in [4.78, 5) is 10.1. The highest BCUT2D eigenvalue weighted by Gasteiger charge is 1.97. The zero-order valence-electron chi connectivity index (χ0n) is 9.26. The zero-order valence-corrected chi connectivity index (χ0v) is 9.26. The molecule has 0 spiro atoms. The molecule has 0 aliphatic heterocycles. The maximum atomic E-state index is 10.1. The van der Waals surface area contributed by atoms with E-state index in [1.165, 1.54) is 25.7 Å². The molecule has 0 aromatic heterocycles. The lowest BCUT2D eigenvalue weighted by molar-refractivity contribution is -0.415. The van der Waals surface area contributed by atoms with E-state index in [1.807, 2.05) is 0 Å². The number of carbonyl (C=O) groups excluding carboxylic acids is 1. The average molecular weight is 201 g/mol. The van der Waals surface area contributed by atoms with E-state index in [1.54, 1.807) is 0 Å². The minimum Gasteiger partial charge on any atom is -0.550 e. The van der Waals surface area contributed by atoms with Gasteiger partial charge in [0.25, 0.3) is 0 Å². The van der Waals surface area contributed by atoms with Crippen molar-refractivity contribution < 1.29 is 15.6 Å². The van der Waals surface area contributed by atoms with Crippen molar-refractivity contribution in [3.63, 3.8) is 0 Å². The highest BCUT2D eigenvalue weighted by Crippen LogP contribution is 2.08. The molecule has 1 atom stereocenters. The van der Waals surface area contributed by atoms with Gasteiger partial charge >= 0.3 is 0 Å². The normalized spacial score (nSPS) is 12.7. The van der Waals surface area contributed by atoms with Crippen LogP contribution >= 0.6 is 0 Å². The van der Waals surface area contributed by atoms with Gasteiger partial charge in [0, 0.05) is 5.97 Å². The van der Waals surface area contributed by atoms with Gasteiger partial charge in [-0.15, -0.1) is 0 Å². The van der Waals surface area contributed by atoms with Gasteiger partial charge in [-0.1, -0.05) is 25.7 Å². The van der Waals surface area contributed by atoms with E-state index in [9.17, 15) is 9.90 Å². The van der Waals surface area contributed by atoms with Gasteiger partial charge in [0.2, 0.25) is 0 Å². The minimum absolute atomic E-state index is 0.218. The highest BCUT2D eigenvalue weighted by atomic mass is 16.4. The first-order valence-corrected chi connectivity index (χ1v) is 5.66. The second kappa shape index (κ2) is 9.00. The lowest BCUT2D eigenvalue weighted by atomic mass is 10.1. The van der Waals surface area contributed by atoms with E-state index >= 15 is 0 Å². The third kappa shape index (κ3) is 11.4. The first kappa shape index (κ1) is 13.4. The Balaban J connectivity index is 2.96. The molecule has 3 nitrogen and oxygen atoms in total. The third-order valence-corrected chi connectivity index (χ3v) is 2.33. The molecule has 3 heteroatoms. The molecule has 84 valence electrons. The molecule has 0 unspecified atom stereocenters. The van der Waals surface area contributed by atoms with Crippen LogP contribution in [0.4, 0.5) is 0 Å². The second-order valence-electron chi connectivity index (χ2n) is 4.14. The molecule has 0 saturated heterocycles. The van der Waals surface area contributed by atoms with Crippen molar-refractivity contribution in [2.75, 3.05) is 0 Å². The fourth-order valence-electron chi connectivity index (χ4n) is 1.47. The van der Waals surface area contributed by atoms with Crippen LogP contribution in [0, 0.1) is 0 Å². The summed E-state index contributed by atoms with van der Waals surface area (Å²) in [7, 11) is 0. The van der Waals surface area contributed by atoms with E-state index < -0.39 is 5.97 Å². The largest absolute Gasteiger partial charge is 0.550 e. The summed E-state index contributed by atoms with van der Waals surface area (Å²) >= 11 is 0. The molecule has 0 rings (SSSR count). The molecule has 3 N–H and O–H groups in total. The molecule has 0 amide bonds. The van der Waals surface area contributed by atoms with E-state index in [4.69, 9.17) is 0 Å². The molecule has 0 aliphatic carbocycles. The summed E-state index contributed by atoms with van der Waals surface area (Å²) in [5.41, 5.74) is 3.93. The maximum absolute atomic E-state index is 10.1. The van der Waals surface area contributed by atoms with Crippen molar-refractivity contribution in [2.45, 2.75) is 64.3 Å². The number of quaternary nitrogens is 1. The molecule has 0 saturated carbocycles. The van der Waals surface area contributed by atoms with Crippen molar-refractivity contribution in [1.82, 2.24) is 0 Å². The van der Waals surface area contributed by atoms with Crippen LogP contribution in [-0.4, -0.2) is 12.0 Å². The van der Waals surface area contributed by atoms with Crippen LogP contribution in [0.1, 0.15) is 58.3 Å². The van der Waals surface area contributed by atoms with Crippen molar-refractivity contribution in [3.05, 3.63) is 0 Å². The first-order chi connectivity index (χ1) is 6.63. The van der Waals surface area contributed by atoms with Crippen LogP contribution in [0.3, 0.4) is 0 Å². The fourth-order valence-corrected chi connectivity index (χ4v) is 1.47. The maximum Gasteiger partial charge on any atom is 0.0815 e. The van der Waals surface area contributed by atoms with Gasteiger partial charge in [0.05, 0.1) is 6.04 Å². The Morgan fingerprint density at radius 2 is 1.64 bits per heavy atom. The van der Waals surface area contributed by atoms with Crippen LogP contribution in [0.5, 0.6) is 0 Å². The van der Waals surface area contributed by atoms with Crippen molar-refractivity contribution in [2.24, 2.45) is 0 Å². The molecule has 0 radical (unpaired) electrons. The summed E-state index contributed by atoms with van der Waals surface area (Å²) in [6, 6.07) is 0.563. The Morgan fingerprint density at radius 3 is 2.14 bits per heavy atom. The SMILES string of the molecule is C[C@H]([NH3+])CCCCCCCCC(=O)[O-]. The van der Waals surface area contributed by atoms with Crippen LogP contribution in [-0.2, 0) is 4.79 Å². The standard InChI is InChI=1S/C11H23NO2/c1-10(12)8-6-4-2-3-5-7-9-11(13)14/h10H,2-9,12H2,1H3,(H,13,14)/t10-/m0/s1. The molecule has 0 aromatic carbocycles. The van der Waals surface area contributed by atoms with Crippen molar-refractivity contribution >= 4 is 5.97 Å². The lowest BCUT2D eigenvalue weighted by Crippen LogP contribution is -2.58. The number of rotatable bonds is 9. The summed E-state index contributed by atoms with van der Waals surface area (Å²) < 4.78 is 0. The second-order valence-corrected chi connectivity index (χ2v) is 4.14. The van der Waals surface area contributed by atoms with Crippen molar-refractivity contribution in [1.29, 1.82) is 0 Å². The first-order valence-electron chi connectivity index (χ1n) is 5.66. The predicted molar refractivity (Wildman–Crippen MR) is 54.3 cm³/mol. The van der Waals surface area contributed by atoms with Gasteiger partial charge in [-0.05, 0) is 32.6 Å². The molecular weight excluding hydrogens is 178 g/mol. The number of unbranched alkanes of at least 4 members (excludes halogenated alkanes) is 5. The average Bonchev–Trinajstić information content (AvgIpc) is 2.08. The number of carbonyl (C=O) groups is 1. The number of carboxylic acids is 1. The van der Waals surface area contributed by atoms with Crippen LogP contribution in [0.25, 0.3) is 0 Å². The predicted octanol–water partition coefficient (Wildman–Crippen LogP) is 0.487. The summed E-state index contributed by atoms with van der Waals surface area (Å²) in [5.74, 6) is -0.920.